The Morgan fingerprint density at radius 2 is 1.81 bits per heavy atom. The summed E-state index contributed by atoms with van der Waals surface area (Å²) in [5.74, 6) is 0.759. The summed E-state index contributed by atoms with van der Waals surface area (Å²) < 4.78 is 0. The lowest BCUT2D eigenvalue weighted by atomic mass is 10.2. The number of pyridine rings is 1. The molecule has 2 N–H and O–H groups in total. The molecule has 0 aromatic carbocycles. The van der Waals surface area contributed by atoms with Crippen LogP contribution in [0, 0.1) is 12.8 Å². The highest BCUT2D eigenvalue weighted by Crippen LogP contribution is 1.97. The number of carbonyl (C=O) groups excluding carboxylic acids is 1. The molecule has 0 unspecified atom stereocenters. The first-order valence-corrected chi connectivity index (χ1v) is 7.86. The van der Waals surface area contributed by atoms with Crippen LogP contribution in [0.15, 0.2) is 18.3 Å². The van der Waals surface area contributed by atoms with Gasteiger partial charge in [0.1, 0.15) is 5.69 Å². The third kappa shape index (κ3) is 13.3. The van der Waals surface area contributed by atoms with Crippen molar-refractivity contribution in [3.05, 3.63) is 29.6 Å². The highest BCUT2D eigenvalue weighted by atomic mass is 16.1. The van der Waals surface area contributed by atoms with Gasteiger partial charge in [0.25, 0.3) is 5.91 Å². The third-order valence-corrected chi connectivity index (χ3v) is 2.62. The highest BCUT2D eigenvalue weighted by Gasteiger charge is 2.04. The van der Waals surface area contributed by atoms with Gasteiger partial charge < -0.3 is 10.6 Å². The van der Waals surface area contributed by atoms with Gasteiger partial charge in [0.15, 0.2) is 0 Å². The van der Waals surface area contributed by atoms with Crippen LogP contribution in [0.3, 0.4) is 0 Å². The zero-order valence-electron chi connectivity index (χ0n) is 14.8. The lowest BCUT2D eigenvalue weighted by Crippen LogP contribution is -2.30. The zero-order valence-corrected chi connectivity index (χ0v) is 14.8. The summed E-state index contributed by atoms with van der Waals surface area (Å²) in [7, 11) is 1.84. The van der Waals surface area contributed by atoms with Crippen LogP contribution in [-0.2, 0) is 0 Å². The van der Waals surface area contributed by atoms with E-state index in [1.807, 2.05) is 33.9 Å². The normalized spacial score (nSPS) is 9.14. The van der Waals surface area contributed by atoms with E-state index in [4.69, 9.17) is 0 Å². The second-order valence-electron chi connectivity index (χ2n) is 4.88. The molecule has 0 bridgehead atoms. The van der Waals surface area contributed by atoms with Gasteiger partial charge in [-0.2, -0.15) is 0 Å². The van der Waals surface area contributed by atoms with Gasteiger partial charge in [-0.25, -0.2) is 0 Å². The van der Waals surface area contributed by atoms with Crippen LogP contribution in [-0.4, -0.2) is 31.0 Å². The molecule has 1 rings (SSSR count). The van der Waals surface area contributed by atoms with Crippen molar-refractivity contribution in [1.82, 2.24) is 15.6 Å². The maximum atomic E-state index is 11.4. The fourth-order valence-corrected chi connectivity index (χ4v) is 0.994. The second-order valence-corrected chi connectivity index (χ2v) is 4.88. The number of hydrogen-bond acceptors (Lipinski definition) is 3. The molecule has 0 radical (unpaired) electrons. The van der Waals surface area contributed by atoms with E-state index in [2.05, 4.69) is 36.4 Å². The van der Waals surface area contributed by atoms with Crippen molar-refractivity contribution in [2.75, 3.05) is 20.1 Å². The Morgan fingerprint density at radius 3 is 2.19 bits per heavy atom. The van der Waals surface area contributed by atoms with Gasteiger partial charge in [-0.3, -0.25) is 9.78 Å². The molecule has 1 amide bonds. The van der Waals surface area contributed by atoms with Crippen LogP contribution in [0.25, 0.3) is 0 Å². The Morgan fingerprint density at radius 1 is 1.24 bits per heavy atom. The number of likely N-dealkylation sites (N-methyl/N-ethyl adjacent to an activating group) is 1. The molecular formula is C17H33N3O. The maximum Gasteiger partial charge on any atom is 0.269 e. The fraction of sp³-hybridized carbons (Fsp3) is 0.647. The summed E-state index contributed by atoms with van der Waals surface area (Å²) in [6, 6.07) is 3.60. The number of rotatable bonds is 5. The summed E-state index contributed by atoms with van der Waals surface area (Å²) >= 11 is 0. The van der Waals surface area contributed by atoms with Crippen molar-refractivity contribution in [2.24, 2.45) is 5.92 Å². The molecule has 1 aromatic rings. The predicted molar refractivity (Wildman–Crippen MR) is 91.7 cm³/mol. The Balaban J connectivity index is 0. The van der Waals surface area contributed by atoms with Crippen molar-refractivity contribution in [1.29, 1.82) is 0 Å². The van der Waals surface area contributed by atoms with E-state index in [0.717, 1.165) is 18.0 Å². The number of aryl methyl sites for hydroxylation is 1. The van der Waals surface area contributed by atoms with Crippen LogP contribution < -0.4 is 10.6 Å². The molecule has 0 aliphatic carbocycles. The Labute approximate surface area is 130 Å². The Kier molecular flexibility index (Phi) is 15.6. The summed E-state index contributed by atoms with van der Waals surface area (Å²) in [6.45, 7) is 14.0. The number of aromatic nitrogens is 1. The minimum atomic E-state index is -0.125. The van der Waals surface area contributed by atoms with Crippen LogP contribution in [0.2, 0.25) is 0 Å². The molecule has 0 spiro atoms. The van der Waals surface area contributed by atoms with E-state index < -0.39 is 0 Å². The molecule has 21 heavy (non-hydrogen) atoms. The lowest BCUT2D eigenvalue weighted by Gasteiger charge is -2.03. The number of nitrogens with one attached hydrogen (secondary N) is 2. The van der Waals surface area contributed by atoms with E-state index in [1.54, 1.807) is 12.3 Å². The van der Waals surface area contributed by atoms with Gasteiger partial charge >= 0.3 is 0 Å². The molecule has 1 aromatic heterocycles. The summed E-state index contributed by atoms with van der Waals surface area (Å²) in [6.07, 6.45) is 2.99. The Bertz CT molecular complexity index is 348. The largest absolute Gasteiger partial charge is 0.349 e. The molecule has 0 aliphatic heterocycles. The number of nitrogens with zero attached hydrogens (tertiary/aromatic N) is 1. The van der Waals surface area contributed by atoms with Crippen molar-refractivity contribution in [3.8, 4) is 0 Å². The van der Waals surface area contributed by atoms with Crippen LogP contribution in [0.5, 0.6) is 0 Å². The van der Waals surface area contributed by atoms with E-state index in [1.165, 1.54) is 6.42 Å². The number of carbonyl (C=O) groups is 1. The first-order chi connectivity index (χ1) is 10.0. The molecule has 0 saturated heterocycles. The average molecular weight is 295 g/mol. The summed E-state index contributed by atoms with van der Waals surface area (Å²) in [5.41, 5.74) is 1.52. The van der Waals surface area contributed by atoms with Gasteiger partial charge in [-0.05, 0) is 31.5 Å². The molecule has 1 heterocycles. The number of hydrogen-bond donors (Lipinski definition) is 2. The van der Waals surface area contributed by atoms with Crippen molar-refractivity contribution in [2.45, 2.75) is 48.0 Å². The Hall–Kier alpha value is -1.42. The van der Waals surface area contributed by atoms with Crippen LogP contribution in [0.1, 0.15) is 57.1 Å². The van der Waals surface area contributed by atoms with Crippen molar-refractivity contribution in [3.63, 3.8) is 0 Å². The second kappa shape index (κ2) is 15.0. The van der Waals surface area contributed by atoms with Crippen molar-refractivity contribution >= 4 is 5.91 Å². The van der Waals surface area contributed by atoms with Crippen LogP contribution >= 0.6 is 0 Å². The molecule has 4 heteroatoms. The predicted octanol–water partition coefficient (Wildman–Crippen LogP) is 3.42. The first kappa shape index (κ1) is 21.9. The molecule has 122 valence electrons. The summed E-state index contributed by atoms with van der Waals surface area (Å²) in [4.78, 5) is 15.5. The summed E-state index contributed by atoms with van der Waals surface area (Å²) in [5, 5.41) is 5.70. The van der Waals surface area contributed by atoms with E-state index >= 15 is 0 Å². The highest BCUT2D eigenvalue weighted by molar-refractivity contribution is 5.92. The quantitative estimate of drug-likeness (QED) is 0.818. The standard InChI is InChI=1S/C10H15N3O.C5H12.C2H6/c1-8-3-4-9(13-7-8)10(14)12-6-5-11-2;1-4-5(2)3;1-2/h3-4,7,11H,5-6H2,1-2H3,(H,12,14);5H,4H2,1-3H3;1-2H3. The molecule has 0 saturated carbocycles. The fourth-order valence-electron chi connectivity index (χ4n) is 0.994. The van der Waals surface area contributed by atoms with E-state index in [0.29, 0.717) is 12.2 Å². The third-order valence-electron chi connectivity index (χ3n) is 2.62. The number of amides is 1. The topological polar surface area (TPSA) is 54.0 Å². The average Bonchev–Trinajstić information content (AvgIpc) is 2.50. The molecule has 0 fully saturated rings. The van der Waals surface area contributed by atoms with Crippen LogP contribution in [0.4, 0.5) is 0 Å². The van der Waals surface area contributed by atoms with Crippen molar-refractivity contribution < 1.29 is 4.79 Å². The van der Waals surface area contributed by atoms with Gasteiger partial charge in [0, 0.05) is 19.3 Å². The monoisotopic (exact) mass is 295 g/mol. The van der Waals surface area contributed by atoms with E-state index in [-0.39, 0.29) is 5.91 Å². The molecule has 4 nitrogen and oxygen atoms in total. The van der Waals surface area contributed by atoms with Gasteiger partial charge in [0.2, 0.25) is 0 Å². The van der Waals surface area contributed by atoms with E-state index in [9.17, 15) is 4.79 Å². The molecule has 0 aliphatic rings. The lowest BCUT2D eigenvalue weighted by molar-refractivity contribution is 0.0949. The molecule has 0 atom stereocenters. The SMILES string of the molecule is CC.CCC(C)C.CNCCNC(=O)c1ccc(C)cn1. The van der Waals surface area contributed by atoms with Gasteiger partial charge in [-0.1, -0.05) is 47.1 Å². The zero-order chi connectivity index (χ0) is 16.7. The van der Waals surface area contributed by atoms with Gasteiger partial charge in [0.05, 0.1) is 0 Å². The maximum absolute atomic E-state index is 11.4. The minimum Gasteiger partial charge on any atom is -0.349 e. The minimum absolute atomic E-state index is 0.125. The smallest absolute Gasteiger partial charge is 0.269 e. The first-order valence-electron chi connectivity index (χ1n) is 7.86. The van der Waals surface area contributed by atoms with Gasteiger partial charge in [-0.15, -0.1) is 0 Å². The molecular weight excluding hydrogens is 262 g/mol.